The highest BCUT2D eigenvalue weighted by molar-refractivity contribution is 5.79. The van der Waals surface area contributed by atoms with Crippen LogP contribution in [-0.2, 0) is 24.1 Å². The molecule has 0 saturated carbocycles. The second kappa shape index (κ2) is 4.15. The number of aliphatic hydroxyl groups is 1. The molecule has 1 atom stereocenters. The van der Waals surface area contributed by atoms with E-state index in [1.165, 1.54) is 16.7 Å². The summed E-state index contributed by atoms with van der Waals surface area (Å²) in [6.07, 6.45) is 7.12. The number of anilines is 1. The van der Waals surface area contributed by atoms with Crippen molar-refractivity contribution in [2.45, 2.75) is 38.0 Å². The van der Waals surface area contributed by atoms with E-state index >= 15 is 0 Å². The second-order valence-corrected chi connectivity index (χ2v) is 4.96. The Kier molecular flexibility index (Phi) is 2.63. The van der Waals surface area contributed by atoms with Crippen LogP contribution in [0.2, 0.25) is 0 Å². The van der Waals surface area contributed by atoms with E-state index in [1.54, 1.807) is 6.41 Å². The lowest BCUT2D eigenvalue weighted by Crippen LogP contribution is -2.08. The van der Waals surface area contributed by atoms with Gasteiger partial charge in [-0.3, -0.25) is 4.79 Å². The van der Waals surface area contributed by atoms with Crippen LogP contribution in [0.1, 0.15) is 41.0 Å². The van der Waals surface area contributed by atoms with Crippen molar-refractivity contribution in [1.82, 2.24) is 0 Å². The van der Waals surface area contributed by atoms with Crippen LogP contribution in [0.5, 0.6) is 0 Å². The summed E-state index contributed by atoms with van der Waals surface area (Å²) in [5.41, 5.74) is 6.06. The Labute approximate surface area is 101 Å². The first-order valence-electron chi connectivity index (χ1n) is 6.26. The van der Waals surface area contributed by atoms with Gasteiger partial charge < -0.3 is 10.4 Å². The Balaban J connectivity index is 2.18. The van der Waals surface area contributed by atoms with Crippen LogP contribution in [-0.4, -0.2) is 18.1 Å². The standard InChI is InChI=1S/C14H16NO2/c16-7-11-5-4-10-6-9-2-1-3-12(9)14(13(10)11)15-8-17/h6,11,16H,1-5,7H2,(H,15,17)/t11-/m0/s1. The molecule has 3 rings (SSSR count). The summed E-state index contributed by atoms with van der Waals surface area (Å²) < 4.78 is 0. The molecule has 0 heterocycles. The van der Waals surface area contributed by atoms with Gasteiger partial charge in [-0.05, 0) is 54.4 Å². The molecule has 2 N–H and O–H groups in total. The van der Waals surface area contributed by atoms with Gasteiger partial charge in [-0.2, -0.15) is 0 Å². The Morgan fingerprint density at radius 2 is 2.24 bits per heavy atom. The summed E-state index contributed by atoms with van der Waals surface area (Å²) >= 11 is 0. The highest BCUT2D eigenvalue weighted by Crippen LogP contribution is 2.43. The molecule has 1 radical (unpaired) electrons. The maximum Gasteiger partial charge on any atom is 0.314 e. The van der Waals surface area contributed by atoms with Gasteiger partial charge in [0.1, 0.15) is 0 Å². The van der Waals surface area contributed by atoms with Gasteiger partial charge >= 0.3 is 6.41 Å². The largest absolute Gasteiger partial charge is 0.396 e. The van der Waals surface area contributed by atoms with Gasteiger partial charge in [0, 0.05) is 11.6 Å². The van der Waals surface area contributed by atoms with Crippen molar-refractivity contribution in [3.8, 4) is 0 Å². The molecule has 1 aromatic rings. The van der Waals surface area contributed by atoms with Crippen LogP contribution in [0.4, 0.5) is 5.69 Å². The number of nitrogens with one attached hydrogen (secondary N) is 1. The fourth-order valence-corrected chi connectivity index (χ4v) is 3.35. The van der Waals surface area contributed by atoms with E-state index in [1.807, 2.05) is 0 Å². The maximum atomic E-state index is 10.7. The summed E-state index contributed by atoms with van der Waals surface area (Å²) in [4.78, 5) is 10.7. The predicted molar refractivity (Wildman–Crippen MR) is 65.9 cm³/mol. The molecule has 89 valence electrons. The molecular weight excluding hydrogens is 214 g/mol. The van der Waals surface area contributed by atoms with Crippen LogP contribution in [0.15, 0.2) is 6.07 Å². The summed E-state index contributed by atoms with van der Waals surface area (Å²) in [6, 6.07) is 2.28. The van der Waals surface area contributed by atoms with Gasteiger partial charge in [-0.15, -0.1) is 0 Å². The van der Waals surface area contributed by atoms with Crippen molar-refractivity contribution in [3.63, 3.8) is 0 Å². The number of rotatable bonds is 3. The number of hydrogen-bond acceptors (Lipinski definition) is 2. The SMILES string of the molecule is O=[C]Nc1c2c(cc3c1[C@H](CO)CC3)CCC2. The number of aryl methyl sites for hydroxylation is 2. The molecule has 3 heteroatoms. The number of aliphatic hydroxyl groups excluding tert-OH is 1. The molecule has 3 nitrogen and oxygen atoms in total. The zero-order valence-corrected chi connectivity index (χ0v) is 9.75. The van der Waals surface area contributed by atoms with Crippen LogP contribution in [0.25, 0.3) is 0 Å². The Hall–Kier alpha value is -1.35. The van der Waals surface area contributed by atoms with Crippen molar-refractivity contribution < 1.29 is 9.90 Å². The Morgan fingerprint density at radius 3 is 3.00 bits per heavy atom. The topological polar surface area (TPSA) is 49.3 Å². The molecule has 2 aliphatic rings. The van der Waals surface area contributed by atoms with Gasteiger partial charge in [0.25, 0.3) is 0 Å². The molecule has 1 amide bonds. The summed E-state index contributed by atoms with van der Waals surface area (Å²) in [5, 5.41) is 12.2. The zero-order valence-electron chi connectivity index (χ0n) is 9.75. The normalized spacial score (nSPS) is 21.1. The van der Waals surface area contributed by atoms with Crippen molar-refractivity contribution in [3.05, 3.63) is 28.3 Å². The van der Waals surface area contributed by atoms with Gasteiger partial charge in [0.2, 0.25) is 0 Å². The highest BCUT2D eigenvalue weighted by atomic mass is 16.3. The Morgan fingerprint density at radius 1 is 1.35 bits per heavy atom. The highest BCUT2D eigenvalue weighted by Gasteiger charge is 2.29. The molecular formula is C14H16NO2. The van der Waals surface area contributed by atoms with Gasteiger partial charge in [0.05, 0.1) is 6.61 Å². The smallest absolute Gasteiger partial charge is 0.314 e. The van der Waals surface area contributed by atoms with Gasteiger partial charge in [-0.1, -0.05) is 6.07 Å². The molecule has 0 fully saturated rings. The zero-order chi connectivity index (χ0) is 11.8. The third kappa shape index (κ3) is 1.57. The van der Waals surface area contributed by atoms with Gasteiger partial charge in [0.15, 0.2) is 0 Å². The monoisotopic (exact) mass is 230 g/mol. The summed E-state index contributed by atoms with van der Waals surface area (Å²) in [6.45, 7) is 0.166. The molecule has 0 spiro atoms. The number of hydrogen-bond donors (Lipinski definition) is 2. The van der Waals surface area contributed by atoms with E-state index in [0.717, 1.165) is 43.4 Å². The molecule has 17 heavy (non-hydrogen) atoms. The summed E-state index contributed by atoms with van der Waals surface area (Å²) in [7, 11) is 0. The third-order valence-electron chi connectivity index (χ3n) is 4.09. The van der Waals surface area contributed by atoms with Crippen molar-refractivity contribution in [2.75, 3.05) is 11.9 Å². The molecule has 0 unspecified atom stereocenters. The molecule has 0 aromatic heterocycles. The van der Waals surface area contributed by atoms with Crippen LogP contribution in [0, 0.1) is 0 Å². The van der Waals surface area contributed by atoms with E-state index in [2.05, 4.69) is 11.4 Å². The maximum absolute atomic E-state index is 10.7. The molecule has 1 aromatic carbocycles. The third-order valence-corrected chi connectivity index (χ3v) is 4.09. The molecule has 0 saturated heterocycles. The molecule has 0 aliphatic heterocycles. The van der Waals surface area contributed by atoms with Crippen LogP contribution in [0.3, 0.4) is 0 Å². The van der Waals surface area contributed by atoms with E-state index in [-0.39, 0.29) is 12.5 Å². The number of carbonyl (C=O) groups excluding carboxylic acids is 1. The minimum atomic E-state index is 0.166. The van der Waals surface area contributed by atoms with Crippen LogP contribution < -0.4 is 5.32 Å². The lowest BCUT2D eigenvalue weighted by molar-refractivity contribution is 0.265. The minimum absolute atomic E-state index is 0.166. The molecule has 2 aliphatic carbocycles. The first-order chi connectivity index (χ1) is 8.35. The average Bonchev–Trinajstić information content (AvgIpc) is 2.94. The predicted octanol–water partition coefficient (Wildman–Crippen LogP) is 1.68. The second-order valence-electron chi connectivity index (χ2n) is 4.96. The van der Waals surface area contributed by atoms with Gasteiger partial charge in [-0.25, -0.2) is 0 Å². The lowest BCUT2D eigenvalue weighted by atomic mass is 9.94. The average molecular weight is 230 g/mol. The number of benzene rings is 1. The minimum Gasteiger partial charge on any atom is -0.396 e. The van der Waals surface area contributed by atoms with E-state index in [9.17, 15) is 9.90 Å². The first kappa shape index (κ1) is 10.8. The van der Waals surface area contributed by atoms with Crippen LogP contribution >= 0.6 is 0 Å². The quantitative estimate of drug-likeness (QED) is 0.776. The lowest BCUT2D eigenvalue weighted by Gasteiger charge is -2.17. The number of amides is 1. The Bertz CT molecular complexity index is 468. The fraction of sp³-hybridized carbons (Fsp3) is 0.500. The summed E-state index contributed by atoms with van der Waals surface area (Å²) in [5.74, 6) is 0.187. The molecule has 0 bridgehead atoms. The van der Waals surface area contributed by atoms with Crippen molar-refractivity contribution in [1.29, 1.82) is 0 Å². The van der Waals surface area contributed by atoms with Crippen molar-refractivity contribution >= 4 is 12.1 Å². The van der Waals surface area contributed by atoms with E-state index in [0.29, 0.717) is 0 Å². The van der Waals surface area contributed by atoms with E-state index < -0.39 is 0 Å². The number of fused-ring (bicyclic) bond motifs is 2. The van der Waals surface area contributed by atoms with Crippen molar-refractivity contribution in [2.24, 2.45) is 0 Å². The van der Waals surface area contributed by atoms with E-state index in [4.69, 9.17) is 0 Å². The fourth-order valence-electron chi connectivity index (χ4n) is 3.35. The first-order valence-corrected chi connectivity index (χ1v) is 6.26.